The monoisotopic (exact) mass is 465 g/mol. The molecular formula is C21H25F6N3O2. The van der Waals surface area contributed by atoms with Gasteiger partial charge in [0.1, 0.15) is 6.04 Å². The molecular weight excluding hydrogens is 440 g/mol. The number of alkyl halides is 6. The first kappa shape index (κ1) is 24.5. The number of piperidine rings is 1. The van der Waals surface area contributed by atoms with Crippen molar-refractivity contribution in [3.05, 3.63) is 47.0 Å². The van der Waals surface area contributed by atoms with Gasteiger partial charge in [-0.05, 0) is 36.6 Å². The summed E-state index contributed by atoms with van der Waals surface area (Å²) < 4.78 is 78.0. The molecule has 2 aliphatic rings. The predicted molar refractivity (Wildman–Crippen MR) is 104 cm³/mol. The fourth-order valence-electron chi connectivity index (χ4n) is 3.87. The summed E-state index contributed by atoms with van der Waals surface area (Å²) in [5.74, 6) is -0.487. The van der Waals surface area contributed by atoms with Crippen molar-refractivity contribution in [2.45, 2.75) is 43.9 Å². The molecule has 1 atom stereocenters. The van der Waals surface area contributed by atoms with Crippen LogP contribution in [-0.4, -0.2) is 65.7 Å². The van der Waals surface area contributed by atoms with E-state index in [1.54, 1.807) is 12.2 Å². The minimum absolute atomic E-state index is 0.0619. The van der Waals surface area contributed by atoms with Crippen LogP contribution in [0.1, 0.15) is 29.5 Å². The molecule has 1 fully saturated rings. The van der Waals surface area contributed by atoms with Crippen molar-refractivity contribution in [3.8, 4) is 0 Å². The van der Waals surface area contributed by atoms with Crippen molar-refractivity contribution in [2.75, 3.05) is 32.7 Å². The number of nitrogens with zero attached hydrogens (tertiary/aromatic N) is 2. The van der Waals surface area contributed by atoms with Gasteiger partial charge in [-0.2, -0.15) is 26.3 Å². The van der Waals surface area contributed by atoms with Crippen LogP contribution in [0.3, 0.4) is 0 Å². The van der Waals surface area contributed by atoms with Gasteiger partial charge in [-0.25, -0.2) is 0 Å². The molecule has 0 saturated carbocycles. The molecule has 5 nitrogen and oxygen atoms in total. The Labute approximate surface area is 181 Å². The van der Waals surface area contributed by atoms with Crippen molar-refractivity contribution >= 4 is 5.91 Å². The lowest BCUT2D eigenvalue weighted by Gasteiger charge is -2.32. The molecule has 1 saturated heterocycles. The number of hydrogen-bond acceptors (Lipinski definition) is 4. The topological polar surface area (TPSA) is 55.8 Å². The van der Waals surface area contributed by atoms with Crippen LogP contribution in [0, 0.1) is 0 Å². The Morgan fingerprint density at radius 1 is 1.00 bits per heavy atom. The van der Waals surface area contributed by atoms with Crippen molar-refractivity contribution in [1.82, 2.24) is 15.1 Å². The average Bonchev–Trinajstić information content (AvgIpc) is 3.19. The average molecular weight is 465 g/mol. The van der Waals surface area contributed by atoms with Crippen molar-refractivity contribution in [1.29, 1.82) is 0 Å². The van der Waals surface area contributed by atoms with Gasteiger partial charge in [0.15, 0.2) is 0 Å². The van der Waals surface area contributed by atoms with Gasteiger partial charge in [-0.1, -0.05) is 12.2 Å². The number of amides is 1. The molecule has 0 radical (unpaired) electrons. The smallest absolute Gasteiger partial charge is 0.393 e. The molecule has 1 amide bonds. The van der Waals surface area contributed by atoms with Crippen molar-refractivity contribution < 1.29 is 36.2 Å². The molecule has 0 spiro atoms. The molecule has 0 bridgehead atoms. The number of rotatable bonds is 6. The Morgan fingerprint density at radius 2 is 1.59 bits per heavy atom. The van der Waals surface area contributed by atoms with Crippen LogP contribution in [-0.2, 0) is 23.7 Å². The van der Waals surface area contributed by atoms with Crippen LogP contribution >= 0.6 is 0 Å². The summed E-state index contributed by atoms with van der Waals surface area (Å²) >= 11 is 0. The summed E-state index contributed by atoms with van der Waals surface area (Å²) in [5, 5.41) is 12.0. The molecule has 1 aromatic rings. The Morgan fingerprint density at radius 3 is 2.16 bits per heavy atom. The van der Waals surface area contributed by atoms with Gasteiger partial charge < -0.3 is 15.3 Å². The van der Waals surface area contributed by atoms with E-state index in [-0.39, 0.29) is 17.7 Å². The lowest BCUT2D eigenvalue weighted by molar-refractivity contribution is -0.143. The van der Waals surface area contributed by atoms with E-state index in [4.69, 9.17) is 0 Å². The Balaban J connectivity index is 1.60. The second-order valence-electron chi connectivity index (χ2n) is 8.07. The third-order valence-electron chi connectivity index (χ3n) is 5.70. The molecule has 0 aromatic heterocycles. The zero-order valence-electron chi connectivity index (χ0n) is 17.2. The fourth-order valence-corrected chi connectivity index (χ4v) is 3.87. The largest absolute Gasteiger partial charge is 0.416 e. The second-order valence-corrected chi connectivity index (χ2v) is 8.07. The highest BCUT2D eigenvalue weighted by Gasteiger charge is 2.37. The van der Waals surface area contributed by atoms with Gasteiger partial charge in [0, 0.05) is 39.3 Å². The number of benzene rings is 1. The van der Waals surface area contributed by atoms with Crippen LogP contribution in [0.5, 0.6) is 0 Å². The highest BCUT2D eigenvalue weighted by atomic mass is 19.4. The summed E-state index contributed by atoms with van der Waals surface area (Å²) in [7, 11) is 0. The van der Waals surface area contributed by atoms with Crippen molar-refractivity contribution in [2.24, 2.45) is 0 Å². The highest BCUT2D eigenvalue weighted by Crippen LogP contribution is 2.36. The van der Waals surface area contributed by atoms with Crippen LogP contribution in [0.4, 0.5) is 26.3 Å². The lowest BCUT2D eigenvalue weighted by atomic mass is 10.0. The fraction of sp³-hybridized carbons (Fsp3) is 0.571. The van der Waals surface area contributed by atoms with E-state index >= 15 is 0 Å². The van der Waals surface area contributed by atoms with E-state index in [9.17, 15) is 36.2 Å². The Kier molecular flexibility index (Phi) is 7.51. The quantitative estimate of drug-likeness (QED) is 0.501. The Hall–Kier alpha value is -2.11. The minimum atomic E-state index is -4.94. The van der Waals surface area contributed by atoms with Gasteiger partial charge in [0.2, 0.25) is 5.91 Å². The summed E-state index contributed by atoms with van der Waals surface area (Å²) in [5.41, 5.74) is -3.10. The van der Waals surface area contributed by atoms with Crippen LogP contribution < -0.4 is 5.32 Å². The van der Waals surface area contributed by atoms with E-state index < -0.39 is 42.0 Å². The summed E-state index contributed by atoms with van der Waals surface area (Å²) in [6, 6.07) is 0.649. The van der Waals surface area contributed by atoms with Gasteiger partial charge in [0.25, 0.3) is 0 Å². The number of aliphatic hydroxyl groups is 1. The van der Waals surface area contributed by atoms with E-state index in [0.29, 0.717) is 44.6 Å². The number of likely N-dealkylation sites (tertiary alicyclic amines) is 1. The number of halogens is 6. The number of aliphatic hydroxyl groups excluding tert-OH is 1. The lowest BCUT2D eigenvalue weighted by Crippen LogP contribution is -2.47. The number of hydrogen-bond donors (Lipinski definition) is 2. The molecule has 3 rings (SSSR count). The normalized spacial score (nSPS) is 21.3. The maximum Gasteiger partial charge on any atom is 0.416 e. The molecule has 0 unspecified atom stereocenters. The molecule has 0 aliphatic carbocycles. The van der Waals surface area contributed by atoms with Gasteiger partial charge >= 0.3 is 12.4 Å². The number of carbonyl (C=O) groups excluding carboxylic acids is 1. The second kappa shape index (κ2) is 9.80. The van der Waals surface area contributed by atoms with Gasteiger partial charge in [-0.3, -0.25) is 9.69 Å². The third kappa shape index (κ3) is 6.46. The zero-order chi connectivity index (χ0) is 23.5. The molecule has 2 heterocycles. The molecule has 2 N–H and O–H groups in total. The summed E-state index contributed by atoms with van der Waals surface area (Å²) in [4.78, 5) is 16.7. The predicted octanol–water partition coefficient (Wildman–Crippen LogP) is 3.04. The van der Waals surface area contributed by atoms with E-state index in [2.05, 4.69) is 10.2 Å². The molecule has 2 aliphatic heterocycles. The summed E-state index contributed by atoms with van der Waals surface area (Å²) in [6.07, 6.45) is -5.30. The van der Waals surface area contributed by atoms with Gasteiger partial charge in [-0.15, -0.1) is 0 Å². The summed E-state index contributed by atoms with van der Waals surface area (Å²) in [6.45, 7) is 2.86. The molecule has 1 aromatic carbocycles. The maximum atomic E-state index is 13.0. The SMILES string of the molecule is O=C(NCc1cc(C(F)(F)F)cc(C(F)(F)F)c1)[C@@H]1C=CCN1CCN1CCC(O)CC1. The molecule has 178 valence electrons. The van der Waals surface area contributed by atoms with Crippen molar-refractivity contribution in [3.63, 3.8) is 0 Å². The highest BCUT2D eigenvalue weighted by molar-refractivity contribution is 5.84. The van der Waals surface area contributed by atoms with E-state index in [0.717, 1.165) is 13.1 Å². The van der Waals surface area contributed by atoms with E-state index in [1.165, 1.54) is 0 Å². The molecule has 32 heavy (non-hydrogen) atoms. The standard InChI is InChI=1S/C21H25F6N3O2/c22-20(23,24)15-10-14(11-16(12-15)21(25,26)27)13-28-19(32)18-2-1-5-30(18)9-8-29-6-3-17(31)4-7-29/h1-2,10-12,17-18,31H,3-9,13H2,(H,28,32)/t18-/m0/s1. The van der Waals surface area contributed by atoms with E-state index in [1.807, 2.05) is 4.90 Å². The first-order valence-electron chi connectivity index (χ1n) is 10.3. The van der Waals surface area contributed by atoms with Gasteiger partial charge in [0.05, 0.1) is 17.2 Å². The molecule has 11 heteroatoms. The first-order chi connectivity index (χ1) is 14.9. The first-order valence-corrected chi connectivity index (χ1v) is 10.3. The maximum absolute atomic E-state index is 13.0. The Bertz CT molecular complexity index is 800. The van der Waals surface area contributed by atoms with Crippen LogP contribution in [0.2, 0.25) is 0 Å². The zero-order valence-corrected chi connectivity index (χ0v) is 17.2. The minimum Gasteiger partial charge on any atom is -0.393 e. The van der Waals surface area contributed by atoms with Crippen LogP contribution in [0.15, 0.2) is 30.4 Å². The number of carbonyl (C=O) groups is 1. The number of nitrogens with one attached hydrogen (secondary N) is 1. The van der Waals surface area contributed by atoms with Crippen LogP contribution in [0.25, 0.3) is 0 Å². The third-order valence-corrected chi connectivity index (χ3v) is 5.70.